The quantitative estimate of drug-likeness (QED) is 0.617. The number of hydrogen-bond acceptors (Lipinski definition) is 7. The summed E-state index contributed by atoms with van der Waals surface area (Å²) in [6.45, 7) is 2.92. The molecule has 1 aromatic carbocycles. The van der Waals surface area contributed by atoms with E-state index >= 15 is 0 Å². The van der Waals surface area contributed by atoms with E-state index < -0.39 is 0 Å². The van der Waals surface area contributed by atoms with Gasteiger partial charge in [0.2, 0.25) is 11.9 Å². The summed E-state index contributed by atoms with van der Waals surface area (Å²) in [7, 11) is 0. The molecule has 0 radical (unpaired) electrons. The maximum absolute atomic E-state index is 12.5. The van der Waals surface area contributed by atoms with Gasteiger partial charge >= 0.3 is 0 Å². The number of aromatic nitrogens is 3. The summed E-state index contributed by atoms with van der Waals surface area (Å²) in [5.41, 5.74) is 2.07. The number of amides is 1. The number of thioether (sulfide) groups is 1. The number of hydrogen-bond donors (Lipinski definition) is 0. The van der Waals surface area contributed by atoms with Crippen molar-refractivity contribution in [2.75, 3.05) is 36.8 Å². The largest absolute Gasteiger partial charge is 0.338 e. The lowest BCUT2D eigenvalue weighted by molar-refractivity contribution is -0.128. The van der Waals surface area contributed by atoms with Gasteiger partial charge in [-0.3, -0.25) is 4.79 Å². The molecule has 3 heterocycles. The number of carbonyl (C=O) groups excluding carboxylic acids is 1. The van der Waals surface area contributed by atoms with Gasteiger partial charge < -0.3 is 9.80 Å². The molecule has 27 heavy (non-hydrogen) atoms. The number of benzene rings is 1. The fourth-order valence-corrected chi connectivity index (χ4v) is 4.63. The summed E-state index contributed by atoms with van der Waals surface area (Å²) in [5.74, 6) is 1.31. The Hall–Kier alpha value is -2.45. The molecule has 0 spiro atoms. The highest BCUT2D eigenvalue weighted by molar-refractivity contribution is 8.01. The number of rotatable bonds is 5. The molecule has 0 N–H and O–H groups in total. The second-order valence-corrected chi connectivity index (χ2v) is 8.15. The van der Waals surface area contributed by atoms with Gasteiger partial charge in [0, 0.05) is 49.5 Å². The van der Waals surface area contributed by atoms with Crippen LogP contribution in [0.15, 0.2) is 58.5 Å². The van der Waals surface area contributed by atoms with Crippen LogP contribution in [0.2, 0.25) is 0 Å². The van der Waals surface area contributed by atoms with Gasteiger partial charge in [-0.1, -0.05) is 42.1 Å². The highest BCUT2D eigenvalue weighted by Crippen LogP contribution is 2.28. The molecule has 1 aliphatic heterocycles. The summed E-state index contributed by atoms with van der Waals surface area (Å²) in [4.78, 5) is 29.7. The van der Waals surface area contributed by atoms with Crippen molar-refractivity contribution in [3.05, 3.63) is 54.2 Å². The number of thiazole rings is 1. The summed E-state index contributed by atoms with van der Waals surface area (Å²) < 4.78 is 0.929. The summed E-state index contributed by atoms with van der Waals surface area (Å²) in [5, 5.41) is 2.04. The second-order valence-electron chi connectivity index (χ2n) is 6.07. The van der Waals surface area contributed by atoms with Crippen molar-refractivity contribution in [3.63, 3.8) is 0 Å². The molecule has 1 amide bonds. The van der Waals surface area contributed by atoms with Crippen LogP contribution in [0.5, 0.6) is 0 Å². The van der Waals surface area contributed by atoms with E-state index in [1.807, 2.05) is 46.7 Å². The zero-order valence-electron chi connectivity index (χ0n) is 14.7. The van der Waals surface area contributed by atoms with Gasteiger partial charge in [0.15, 0.2) is 4.34 Å². The maximum atomic E-state index is 12.5. The maximum Gasteiger partial charge on any atom is 0.233 e. The topological polar surface area (TPSA) is 62.2 Å². The predicted molar refractivity (Wildman–Crippen MR) is 109 cm³/mol. The van der Waals surface area contributed by atoms with Crippen molar-refractivity contribution < 1.29 is 4.79 Å². The van der Waals surface area contributed by atoms with Crippen LogP contribution in [0.1, 0.15) is 0 Å². The van der Waals surface area contributed by atoms with Gasteiger partial charge in [-0.15, -0.1) is 11.3 Å². The zero-order valence-corrected chi connectivity index (χ0v) is 16.3. The molecule has 0 bridgehead atoms. The molecular formula is C19H19N5OS2. The third kappa shape index (κ3) is 4.45. The van der Waals surface area contributed by atoms with Crippen LogP contribution in [0.4, 0.5) is 5.95 Å². The van der Waals surface area contributed by atoms with E-state index in [2.05, 4.69) is 19.9 Å². The van der Waals surface area contributed by atoms with Crippen LogP contribution >= 0.6 is 23.1 Å². The third-order valence-corrected chi connectivity index (χ3v) is 6.34. The number of piperazine rings is 1. The Morgan fingerprint density at radius 3 is 2.52 bits per heavy atom. The van der Waals surface area contributed by atoms with Crippen molar-refractivity contribution in [1.29, 1.82) is 0 Å². The second kappa shape index (κ2) is 8.49. The summed E-state index contributed by atoms with van der Waals surface area (Å²) in [6.07, 6.45) is 3.49. The number of anilines is 1. The van der Waals surface area contributed by atoms with Crippen LogP contribution in [-0.4, -0.2) is 57.7 Å². The molecular weight excluding hydrogens is 378 g/mol. The standard InChI is InChI=1S/C19H19N5OS2/c25-17(23-9-11-24(12-10-23)18-20-7-4-8-21-18)14-27-19-22-16(13-26-19)15-5-2-1-3-6-15/h1-8,13H,9-12,14H2. The number of nitrogens with zero attached hydrogens (tertiary/aromatic N) is 5. The van der Waals surface area contributed by atoms with Crippen molar-refractivity contribution in [2.45, 2.75) is 4.34 Å². The first-order chi connectivity index (χ1) is 13.3. The van der Waals surface area contributed by atoms with Crippen LogP contribution in [0.25, 0.3) is 11.3 Å². The highest BCUT2D eigenvalue weighted by atomic mass is 32.2. The molecule has 6 nitrogen and oxygen atoms in total. The Bertz CT molecular complexity index is 879. The molecule has 138 valence electrons. The molecule has 2 aromatic heterocycles. The molecule has 8 heteroatoms. The minimum atomic E-state index is 0.157. The summed E-state index contributed by atoms with van der Waals surface area (Å²) in [6, 6.07) is 11.9. The minimum Gasteiger partial charge on any atom is -0.338 e. The monoisotopic (exact) mass is 397 g/mol. The Kier molecular flexibility index (Phi) is 5.64. The molecule has 0 unspecified atom stereocenters. The minimum absolute atomic E-state index is 0.157. The lowest BCUT2D eigenvalue weighted by Gasteiger charge is -2.34. The van der Waals surface area contributed by atoms with E-state index in [0.29, 0.717) is 18.8 Å². The molecule has 0 saturated carbocycles. The number of carbonyl (C=O) groups is 1. The van der Waals surface area contributed by atoms with Gasteiger partial charge in [-0.05, 0) is 6.07 Å². The van der Waals surface area contributed by atoms with E-state index in [1.165, 1.54) is 11.8 Å². The van der Waals surface area contributed by atoms with Crippen LogP contribution in [0, 0.1) is 0 Å². The van der Waals surface area contributed by atoms with E-state index in [-0.39, 0.29) is 5.91 Å². The van der Waals surface area contributed by atoms with Crippen LogP contribution < -0.4 is 4.90 Å². The zero-order chi connectivity index (χ0) is 18.5. The molecule has 4 rings (SSSR count). The molecule has 0 aliphatic carbocycles. The predicted octanol–water partition coefficient (Wildman–Crippen LogP) is 3.04. The Labute approximate surface area is 166 Å². The van der Waals surface area contributed by atoms with Gasteiger partial charge in [-0.2, -0.15) is 0 Å². The fourth-order valence-electron chi connectivity index (χ4n) is 2.89. The Morgan fingerprint density at radius 1 is 1.04 bits per heavy atom. The average molecular weight is 398 g/mol. The van der Waals surface area contributed by atoms with Gasteiger partial charge in [0.25, 0.3) is 0 Å². The molecule has 0 atom stereocenters. The van der Waals surface area contributed by atoms with Gasteiger partial charge in [0.1, 0.15) is 0 Å². The van der Waals surface area contributed by atoms with Crippen LogP contribution in [0.3, 0.4) is 0 Å². The van der Waals surface area contributed by atoms with Crippen molar-refractivity contribution >= 4 is 35.0 Å². The highest BCUT2D eigenvalue weighted by Gasteiger charge is 2.22. The molecule has 1 saturated heterocycles. The fraction of sp³-hybridized carbons (Fsp3) is 0.263. The lowest BCUT2D eigenvalue weighted by atomic mass is 10.2. The lowest BCUT2D eigenvalue weighted by Crippen LogP contribution is -2.49. The van der Waals surface area contributed by atoms with Crippen molar-refractivity contribution in [3.8, 4) is 11.3 Å². The molecule has 1 aliphatic rings. The normalized spacial score (nSPS) is 14.4. The van der Waals surface area contributed by atoms with E-state index in [0.717, 1.165) is 34.6 Å². The molecule has 3 aromatic rings. The van der Waals surface area contributed by atoms with Crippen molar-refractivity contribution in [2.24, 2.45) is 0 Å². The van der Waals surface area contributed by atoms with Crippen LogP contribution in [-0.2, 0) is 4.79 Å². The molecule has 1 fully saturated rings. The SMILES string of the molecule is O=C(CSc1nc(-c2ccccc2)cs1)N1CCN(c2ncccn2)CC1. The van der Waals surface area contributed by atoms with E-state index in [4.69, 9.17) is 0 Å². The Morgan fingerprint density at radius 2 is 1.78 bits per heavy atom. The average Bonchev–Trinajstić information content (AvgIpc) is 3.22. The van der Waals surface area contributed by atoms with Crippen molar-refractivity contribution in [1.82, 2.24) is 19.9 Å². The van der Waals surface area contributed by atoms with E-state index in [1.54, 1.807) is 23.7 Å². The van der Waals surface area contributed by atoms with Gasteiger partial charge in [-0.25, -0.2) is 15.0 Å². The first kappa shape index (κ1) is 17.9. The third-order valence-electron chi connectivity index (χ3n) is 4.34. The first-order valence-electron chi connectivity index (χ1n) is 8.73. The summed E-state index contributed by atoms with van der Waals surface area (Å²) >= 11 is 3.10. The smallest absolute Gasteiger partial charge is 0.233 e. The van der Waals surface area contributed by atoms with Gasteiger partial charge in [0.05, 0.1) is 11.4 Å². The first-order valence-corrected chi connectivity index (χ1v) is 10.6. The van der Waals surface area contributed by atoms with E-state index in [9.17, 15) is 4.79 Å². The Balaban J connectivity index is 1.27.